The van der Waals surface area contributed by atoms with Crippen molar-refractivity contribution in [2.24, 2.45) is 5.92 Å². The molecule has 0 aromatic carbocycles. The number of aliphatic hydroxyl groups is 1. The lowest BCUT2D eigenvalue weighted by molar-refractivity contribution is -0.127. The first-order chi connectivity index (χ1) is 7.70. The van der Waals surface area contributed by atoms with Crippen LogP contribution in [-0.4, -0.2) is 23.7 Å². The first-order valence-corrected chi connectivity index (χ1v) is 4.88. The van der Waals surface area contributed by atoms with Gasteiger partial charge in [0.2, 0.25) is 5.76 Å². The minimum atomic E-state index is -5.10. The van der Waals surface area contributed by atoms with Gasteiger partial charge in [0, 0.05) is 6.54 Å². The summed E-state index contributed by atoms with van der Waals surface area (Å²) in [5.41, 5.74) is -1.32. The quantitative estimate of drug-likeness (QED) is 0.455. The van der Waals surface area contributed by atoms with Crippen molar-refractivity contribution in [1.29, 1.82) is 5.26 Å². The molecule has 96 valence electrons. The first-order valence-electron chi connectivity index (χ1n) is 4.88. The molecule has 0 saturated heterocycles. The number of nitrogens with zero attached hydrogens (tertiary/aromatic N) is 1. The Hall–Kier alpha value is -1.71. The van der Waals surface area contributed by atoms with Gasteiger partial charge >= 0.3 is 6.18 Å². The maximum atomic E-state index is 12.1. The minimum absolute atomic E-state index is 0.146. The van der Waals surface area contributed by atoms with Crippen molar-refractivity contribution in [3.63, 3.8) is 0 Å². The van der Waals surface area contributed by atoms with Crippen LogP contribution in [0.1, 0.15) is 20.3 Å². The Morgan fingerprint density at radius 3 is 2.35 bits per heavy atom. The van der Waals surface area contributed by atoms with Gasteiger partial charge in [-0.15, -0.1) is 0 Å². The van der Waals surface area contributed by atoms with E-state index in [1.54, 1.807) is 0 Å². The third-order valence-electron chi connectivity index (χ3n) is 1.85. The number of aliphatic hydroxyl groups excluding tert-OH is 1. The third-order valence-corrected chi connectivity index (χ3v) is 1.85. The number of allylic oxidation sites excluding steroid dienone is 1. The van der Waals surface area contributed by atoms with Crippen LogP contribution in [0.15, 0.2) is 11.3 Å². The molecule has 0 radical (unpaired) electrons. The van der Waals surface area contributed by atoms with Crippen LogP contribution in [0.2, 0.25) is 0 Å². The van der Waals surface area contributed by atoms with Crippen molar-refractivity contribution in [2.45, 2.75) is 26.4 Å². The van der Waals surface area contributed by atoms with Gasteiger partial charge in [0.05, 0.1) is 0 Å². The lowest BCUT2D eigenvalue weighted by Gasteiger charge is -2.09. The highest BCUT2D eigenvalue weighted by Crippen LogP contribution is 2.25. The summed E-state index contributed by atoms with van der Waals surface area (Å²) < 4.78 is 36.2. The number of halogens is 3. The fourth-order valence-corrected chi connectivity index (χ4v) is 0.916. The minimum Gasteiger partial charge on any atom is -0.503 e. The molecule has 0 heterocycles. The molecule has 0 aliphatic carbocycles. The molecule has 0 fully saturated rings. The summed E-state index contributed by atoms with van der Waals surface area (Å²) in [4.78, 5) is 11.2. The molecule has 0 aliphatic rings. The molecule has 0 saturated carbocycles. The Kier molecular flexibility index (Phi) is 5.51. The molecule has 4 nitrogen and oxygen atoms in total. The van der Waals surface area contributed by atoms with E-state index in [0.29, 0.717) is 6.42 Å². The fourth-order valence-electron chi connectivity index (χ4n) is 0.916. The van der Waals surface area contributed by atoms with Crippen molar-refractivity contribution in [3.8, 4) is 6.07 Å². The second-order valence-corrected chi connectivity index (χ2v) is 3.77. The summed E-state index contributed by atoms with van der Waals surface area (Å²) >= 11 is 0. The molecule has 0 aromatic heterocycles. The largest absolute Gasteiger partial charge is 0.503 e. The number of nitriles is 1. The Labute approximate surface area is 96.7 Å². The molecule has 2 N–H and O–H groups in total. The Morgan fingerprint density at radius 1 is 1.47 bits per heavy atom. The maximum absolute atomic E-state index is 12.1. The zero-order valence-electron chi connectivity index (χ0n) is 9.43. The zero-order chi connectivity index (χ0) is 13.6. The second kappa shape index (κ2) is 6.13. The smallest absolute Gasteiger partial charge is 0.450 e. The molecule has 0 rings (SSSR count). The molecular formula is C10H13F3N2O2. The van der Waals surface area contributed by atoms with Crippen molar-refractivity contribution in [2.75, 3.05) is 6.54 Å². The molecule has 0 aromatic rings. The number of hydrogen-bond donors (Lipinski definition) is 2. The van der Waals surface area contributed by atoms with Crippen LogP contribution in [0.25, 0.3) is 0 Å². The van der Waals surface area contributed by atoms with Crippen molar-refractivity contribution < 1.29 is 23.1 Å². The Balaban J connectivity index is 4.70. The summed E-state index contributed by atoms with van der Waals surface area (Å²) in [5.74, 6) is -3.12. The van der Waals surface area contributed by atoms with Crippen molar-refractivity contribution in [3.05, 3.63) is 11.3 Å². The van der Waals surface area contributed by atoms with E-state index in [-0.39, 0.29) is 12.5 Å². The molecule has 0 atom stereocenters. The highest BCUT2D eigenvalue weighted by molar-refractivity contribution is 5.97. The van der Waals surface area contributed by atoms with Gasteiger partial charge in [0.15, 0.2) is 5.57 Å². The lowest BCUT2D eigenvalue weighted by atomic mass is 10.1. The average Bonchev–Trinajstić information content (AvgIpc) is 2.16. The number of amides is 1. The third kappa shape index (κ3) is 5.24. The molecule has 7 heteroatoms. The van der Waals surface area contributed by atoms with Gasteiger partial charge in [0.25, 0.3) is 5.91 Å². The number of nitrogens with one attached hydrogen (secondary N) is 1. The predicted molar refractivity (Wildman–Crippen MR) is 53.8 cm³/mol. The highest BCUT2D eigenvalue weighted by Gasteiger charge is 2.38. The Bertz CT molecular complexity index is 354. The molecule has 0 bridgehead atoms. The van der Waals surface area contributed by atoms with Crippen LogP contribution in [-0.2, 0) is 4.79 Å². The van der Waals surface area contributed by atoms with Gasteiger partial charge in [-0.2, -0.15) is 18.4 Å². The molecular weight excluding hydrogens is 237 g/mol. The summed E-state index contributed by atoms with van der Waals surface area (Å²) in [5, 5.41) is 19.2. The maximum Gasteiger partial charge on any atom is 0.450 e. The first kappa shape index (κ1) is 15.3. The average molecular weight is 250 g/mol. The van der Waals surface area contributed by atoms with E-state index in [9.17, 15) is 18.0 Å². The topological polar surface area (TPSA) is 73.1 Å². The van der Waals surface area contributed by atoms with Gasteiger partial charge in [-0.05, 0) is 12.3 Å². The standard InChI is InChI=1S/C10H13F3N2O2/c1-6(2)3-4-15-9(17)7(5-14)8(16)10(11,12)13/h6,16H,3-4H2,1-2H3,(H,15,17). The van der Waals surface area contributed by atoms with Gasteiger partial charge < -0.3 is 10.4 Å². The SMILES string of the molecule is CC(C)CCNC(=O)C(C#N)=C(O)C(F)(F)F. The predicted octanol–water partition coefficient (Wildman–Crippen LogP) is 2.05. The van der Waals surface area contributed by atoms with Crippen LogP contribution >= 0.6 is 0 Å². The highest BCUT2D eigenvalue weighted by atomic mass is 19.4. The van der Waals surface area contributed by atoms with Crippen LogP contribution in [0.3, 0.4) is 0 Å². The Morgan fingerprint density at radius 2 is 2.00 bits per heavy atom. The number of rotatable bonds is 4. The van der Waals surface area contributed by atoms with E-state index < -0.39 is 23.4 Å². The number of carbonyl (C=O) groups excluding carboxylic acids is 1. The normalized spacial score (nSPS) is 13.0. The van der Waals surface area contributed by atoms with Gasteiger partial charge in [-0.25, -0.2) is 0 Å². The van der Waals surface area contributed by atoms with E-state index in [1.165, 1.54) is 0 Å². The van der Waals surface area contributed by atoms with Crippen LogP contribution in [0.4, 0.5) is 13.2 Å². The fraction of sp³-hybridized carbons (Fsp3) is 0.600. The number of hydrogen-bond acceptors (Lipinski definition) is 3. The van der Waals surface area contributed by atoms with E-state index in [1.807, 2.05) is 13.8 Å². The van der Waals surface area contributed by atoms with Crippen LogP contribution < -0.4 is 5.32 Å². The second-order valence-electron chi connectivity index (χ2n) is 3.77. The van der Waals surface area contributed by atoms with Gasteiger partial charge in [-0.1, -0.05) is 13.8 Å². The summed E-state index contributed by atoms with van der Waals surface area (Å²) in [6, 6.07) is 1.04. The van der Waals surface area contributed by atoms with Crippen molar-refractivity contribution in [1.82, 2.24) is 5.32 Å². The molecule has 17 heavy (non-hydrogen) atoms. The van der Waals surface area contributed by atoms with E-state index in [2.05, 4.69) is 5.32 Å². The molecule has 0 spiro atoms. The molecule has 1 amide bonds. The monoisotopic (exact) mass is 250 g/mol. The van der Waals surface area contributed by atoms with Gasteiger partial charge in [-0.3, -0.25) is 4.79 Å². The van der Waals surface area contributed by atoms with Crippen molar-refractivity contribution >= 4 is 5.91 Å². The van der Waals surface area contributed by atoms with E-state index in [0.717, 1.165) is 6.07 Å². The van der Waals surface area contributed by atoms with Crippen LogP contribution in [0.5, 0.6) is 0 Å². The van der Waals surface area contributed by atoms with Crippen LogP contribution in [0, 0.1) is 17.2 Å². The van der Waals surface area contributed by atoms with Gasteiger partial charge in [0.1, 0.15) is 6.07 Å². The number of carbonyl (C=O) groups is 1. The summed E-state index contributed by atoms with van der Waals surface area (Å²) in [7, 11) is 0. The van der Waals surface area contributed by atoms with E-state index in [4.69, 9.17) is 10.4 Å². The van der Waals surface area contributed by atoms with E-state index >= 15 is 0 Å². The lowest BCUT2D eigenvalue weighted by Crippen LogP contribution is -2.29. The summed E-state index contributed by atoms with van der Waals surface area (Å²) in [6.45, 7) is 3.90. The molecule has 0 unspecified atom stereocenters. The molecule has 0 aliphatic heterocycles. The zero-order valence-corrected chi connectivity index (χ0v) is 9.43. The summed E-state index contributed by atoms with van der Waals surface area (Å²) in [6.07, 6.45) is -4.53. The number of alkyl halides is 3.